The zero-order valence-electron chi connectivity index (χ0n) is 24.5. The van der Waals surface area contributed by atoms with E-state index in [9.17, 15) is 27.2 Å². The lowest BCUT2D eigenvalue weighted by molar-refractivity contribution is -0.153. The molecule has 0 spiro atoms. The molecule has 2 heterocycles. The van der Waals surface area contributed by atoms with Crippen LogP contribution in [0.25, 0.3) is 0 Å². The maximum atomic E-state index is 14.5. The number of aliphatic imine (C=N–C) groups is 1. The van der Waals surface area contributed by atoms with Crippen LogP contribution >= 0.6 is 11.8 Å². The van der Waals surface area contributed by atoms with Crippen molar-refractivity contribution in [3.8, 4) is 5.75 Å². The van der Waals surface area contributed by atoms with Crippen molar-refractivity contribution >= 4 is 34.6 Å². The Morgan fingerprint density at radius 1 is 1.26 bits per heavy atom. The number of nitrogens with one attached hydrogen (secondary N) is 2. The van der Waals surface area contributed by atoms with Crippen molar-refractivity contribution in [2.45, 2.75) is 72.1 Å². The molecule has 1 fully saturated rings. The minimum Gasteiger partial charge on any atom is -0.484 e. The fourth-order valence-corrected chi connectivity index (χ4v) is 4.80. The number of ketones is 1. The van der Waals surface area contributed by atoms with E-state index in [0.717, 1.165) is 18.4 Å². The molecule has 14 heteroatoms. The number of amides is 2. The van der Waals surface area contributed by atoms with Crippen LogP contribution in [0.15, 0.2) is 29.5 Å². The van der Waals surface area contributed by atoms with Crippen LogP contribution in [0.5, 0.6) is 5.75 Å². The summed E-state index contributed by atoms with van der Waals surface area (Å²) < 4.78 is 54.6. The van der Waals surface area contributed by atoms with Crippen LogP contribution in [0.1, 0.15) is 57.1 Å². The van der Waals surface area contributed by atoms with Crippen LogP contribution < -0.4 is 15.0 Å². The summed E-state index contributed by atoms with van der Waals surface area (Å²) in [4.78, 5) is 33.5. The van der Waals surface area contributed by atoms with Gasteiger partial charge in [-0.3, -0.25) is 4.79 Å². The number of hydrogen-bond donors (Lipinski definition) is 2. The summed E-state index contributed by atoms with van der Waals surface area (Å²) in [5, 5.41) is 9.68. The first kappa shape index (κ1) is 35.0. The SMILES string of the molecule is CCCCC(=O)CS/C(C)=N\C(=O)NCC(F)C1CCN(c2ncn[nH]2)CC1.Cc1ccc(OCC(F)(F)F)c(C)c1. The van der Waals surface area contributed by atoms with Gasteiger partial charge in [-0.2, -0.15) is 28.2 Å². The number of anilines is 1. The average molecular weight is 617 g/mol. The number of carbonyl (C=O) groups excluding carboxylic acids is 2. The Morgan fingerprint density at radius 2 is 1.98 bits per heavy atom. The number of carbonyl (C=O) groups is 2. The van der Waals surface area contributed by atoms with Gasteiger partial charge in [0, 0.05) is 19.5 Å². The van der Waals surface area contributed by atoms with E-state index in [1.807, 2.05) is 18.7 Å². The van der Waals surface area contributed by atoms with E-state index in [-0.39, 0.29) is 24.0 Å². The normalized spacial score (nSPS) is 15.0. The van der Waals surface area contributed by atoms with E-state index < -0.39 is 25.0 Å². The lowest BCUT2D eigenvalue weighted by Crippen LogP contribution is -2.40. The van der Waals surface area contributed by atoms with Gasteiger partial charge in [0.25, 0.3) is 0 Å². The summed E-state index contributed by atoms with van der Waals surface area (Å²) >= 11 is 1.25. The van der Waals surface area contributed by atoms with E-state index in [1.165, 1.54) is 18.1 Å². The zero-order valence-corrected chi connectivity index (χ0v) is 25.3. The first-order valence-electron chi connectivity index (χ1n) is 13.9. The largest absolute Gasteiger partial charge is 0.484 e. The number of ether oxygens (including phenoxy) is 1. The van der Waals surface area contributed by atoms with Crippen LogP contribution in [0.2, 0.25) is 0 Å². The average Bonchev–Trinajstić information content (AvgIpc) is 3.48. The van der Waals surface area contributed by atoms with E-state index in [0.29, 0.717) is 54.7 Å². The third-order valence-electron chi connectivity index (χ3n) is 6.43. The van der Waals surface area contributed by atoms with E-state index in [1.54, 1.807) is 32.0 Å². The number of aromatic nitrogens is 3. The van der Waals surface area contributed by atoms with Crippen molar-refractivity contribution in [1.29, 1.82) is 0 Å². The summed E-state index contributed by atoms with van der Waals surface area (Å²) in [7, 11) is 0. The summed E-state index contributed by atoms with van der Waals surface area (Å²) in [5.41, 5.74) is 1.72. The molecule has 1 atom stereocenters. The second-order valence-corrected chi connectivity index (χ2v) is 11.2. The van der Waals surface area contributed by atoms with Crippen molar-refractivity contribution in [2.24, 2.45) is 10.9 Å². The predicted molar refractivity (Wildman–Crippen MR) is 157 cm³/mol. The number of hydrogen-bond acceptors (Lipinski definition) is 7. The number of Topliss-reactive ketones (excluding diaryl/α,β-unsaturated/α-hetero) is 1. The highest BCUT2D eigenvalue weighted by Crippen LogP contribution is 2.25. The Hall–Kier alpha value is -3.16. The molecule has 1 aromatic heterocycles. The molecule has 9 nitrogen and oxygen atoms in total. The molecule has 42 heavy (non-hydrogen) atoms. The summed E-state index contributed by atoms with van der Waals surface area (Å²) in [6.07, 6.45) is -0.137. The molecule has 3 rings (SSSR count). The van der Waals surface area contributed by atoms with Crippen molar-refractivity contribution in [1.82, 2.24) is 20.5 Å². The molecule has 2 amide bonds. The smallest absolute Gasteiger partial charge is 0.422 e. The fraction of sp³-hybridized carbons (Fsp3) is 0.607. The molecule has 1 aliphatic rings. The van der Waals surface area contributed by atoms with Gasteiger partial charge in [-0.1, -0.05) is 31.0 Å². The number of nitrogens with zero attached hydrogens (tertiary/aromatic N) is 4. The molecule has 1 unspecified atom stereocenters. The minimum absolute atomic E-state index is 0.0529. The van der Waals surface area contributed by atoms with Crippen molar-refractivity contribution in [3.63, 3.8) is 0 Å². The molecule has 234 valence electrons. The van der Waals surface area contributed by atoms with E-state index in [2.05, 4.69) is 30.2 Å². The second-order valence-electron chi connectivity index (χ2n) is 10.1. The minimum atomic E-state index is -4.28. The Morgan fingerprint density at radius 3 is 2.57 bits per heavy atom. The summed E-state index contributed by atoms with van der Waals surface area (Å²) in [6.45, 7) is 7.43. The number of thioether (sulfide) groups is 1. The Kier molecular flexibility index (Phi) is 14.8. The highest BCUT2D eigenvalue weighted by atomic mass is 32.2. The Labute approximate surface area is 248 Å². The van der Waals surface area contributed by atoms with Gasteiger partial charge in [0.05, 0.1) is 17.3 Å². The summed E-state index contributed by atoms with van der Waals surface area (Å²) in [6, 6.07) is 4.49. The highest BCUT2D eigenvalue weighted by Gasteiger charge is 2.29. The molecule has 0 bridgehead atoms. The molecule has 0 aliphatic carbocycles. The summed E-state index contributed by atoms with van der Waals surface area (Å²) in [5.74, 6) is 1.36. The van der Waals surface area contributed by atoms with Gasteiger partial charge in [-0.25, -0.2) is 14.3 Å². The van der Waals surface area contributed by atoms with Crippen LogP contribution in [0.3, 0.4) is 0 Å². The molecule has 1 saturated heterocycles. The molecule has 1 aromatic carbocycles. The maximum Gasteiger partial charge on any atom is 0.422 e. The zero-order chi connectivity index (χ0) is 31.1. The maximum absolute atomic E-state index is 14.5. The fourth-order valence-electron chi connectivity index (χ4n) is 4.14. The first-order valence-corrected chi connectivity index (χ1v) is 14.8. The van der Waals surface area contributed by atoms with Crippen LogP contribution in [-0.4, -0.2) is 76.4 Å². The van der Waals surface area contributed by atoms with Gasteiger partial charge in [0.15, 0.2) is 6.61 Å². The number of alkyl halides is 4. The second kappa shape index (κ2) is 17.7. The van der Waals surface area contributed by atoms with Gasteiger partial charge in [0.1, 0.15) is 24.0 Å². The van der Waals surface area contributed by atoms with Crippen LogP contribution in [0.4, 0.5) is 28.3 Å². The molecule has 1 aliphatic heterocycles. The molecule has 0 saturated carbocycles. The monoisotopic (exact) mass is 616 g/mol. The number of piperidine rings is 1. The topological polar surface area (TPSA) is 113 Å². The standard InChI is InChI=1S/C18H29FN6O2S.C10H11F3O/c1-3-4-5-15(26)11-28-13(2)23-18(27)20-10-16(19)14-6-8-25(9-7-14)17-21-12-22-24-17;1-7-3-4-9(8(2)5-7)14-6-10(11,12)13/h12,14,16H,3-11H2,1-2H3,(H,20,27)(H,21,22,24);3-5H,6H2,1-2H3/b23-13-;. The van der Waals surface area contributed by atoms with Gasteiger partial charge in [-0.05, 0) is 57.6 Å². The third-order valence-corrected chi connectivity index (χ3v) is 7.41. The number of aryl methyl sites for hydroxylation is 2. The lowest BCUT2D eigenvalue weighted by Gasteiger charge is -2.32. The van der Waals surface area contributed by atoms with Gasteiger partial charge < -0.3 is 15.0 Å². The number of halogens is 4. The Bertz CT molecular complexity index is 1140. The number of urea groups is 1. The third kappa shape index (κ3) is 13.7. The molecule has 2 aromatic rings. The number of H-pyrrole nitrogens is 1. The number of benzene rings is 1. The quantitative estimate of drug-likeness (QED) is 0.175. The number of aromatic amines is 1. The number of rotatable bonds is 11. The van der Waals surface area contributed by atoms with Crippen LogP contribution in [-0.2, 0) is 4.79 Å². The lowest BCUT2D eigenvalue weighted by atomic mass is 9.92. The van der Waals surface area contributed by atoms with Crippen molar-refractivity contribution in [2.75, 3.05) is 36.9 Å². The molecule has 2 N–H and O–H groups in total. The first-order chi connectivity index (χ1) is 19.9. The molecular formula is C28H40F4N6O3S. The van der Waals surface area contributed by atoms with Gasteiger partial charge >= 0.3 is 12.2 Å². The van der Waals surface area contributed by atoms with Gasteiger partial charge in [0.2, 0.25) is 5.95 Å². The van der Waals surface area contributed by atoms with E-state index >= 15 is 0 Å². The van der Waals surface area contributed by atoms with Gasteiger partial charge in [-0.15, -0.1) is 11.8 Å². The predicted octanol–water partition coefficient (Wildman–Crippen LogP) is 6.22. The molecular weight excluding hydrogens is 576 g/mol. The van der Waals surface area contributed by atoms with Crippen LogP contribution in [0, 0.1) is 19.8 Å². The Balaban J connectivity index is 0.000000369. The number of unbranched alkanes of at least 4 members (excludes halogenated alkanes) is 1. The highest BCUT2D eigenvalue weighted by molar-refractivity contribution is 8.14. The van der Waals surface area contributed by atoms with Crippen molar-refractivity contribution in [3.05, 3.63) is 35.7 Å². The van der Waals surface area contributed by atoms with E-state index in [4.69, 9.17) is 0 Å². The molecule has 0 radical (unpaired) electrons. The van der Waals surface area contributed by atoms with Crippen molar-refractivity contribution < 1.29 is 31.9 Å².